The lowest BCUT2D eigenvalue weighted by Gasteiger charge is -2.36. The Morgan fingerprint density at radius 1 is 1.48 bits per heavy atom. The predicted molar refractivity (Wildman–Crippen MR) is 77.9 cm³/mol. The van der Waals surface area contributed by atoms with Crippen molar-refractivity contribution in [3.63, 3.8) is 0 Å². The topological polar surface area (TPSA) is 55.2 Å². The van der Waals surface area contributed by atoms with E-state index in [0.29, 0.717) is 11.3 Å². The molecule has 1 amide bonds. The fourth-order valence-electron chi connectivity index (χ4n) is 2.99. The van der Waals surface area contributed by atoms with Crippen molar-refractivity contribution in [1.29, 1.82) is 0 Å². The minimum absolute atomic E-state index is 0.0135. The van der Waals surface area contributed by atoms with Gasteiger partial charge in [0.2, 0.25) is 5.91 Å². The lowest BCUT2D eigenvalue weighted by atomic mass is 10.00. The molecule has 9 heteroatoms. The molecule has 0 spiro atoms. The van der Waals surface area contributed by atoms with Gasteiger partial charge in [0.25, 0.3) is 0 Å². The second kappa shape index (κ2) is 5.61. The number of hydrogen-bond donors (Lipinski definition) is 0. The molecule has 1 saturated carbocycles. The summed E-state index contributed by atoms with van der Waals surface area (Å²) in [6, 6.07) is -0.463. The van der Waals surface area contributed by atoms with Gasteiger partial charge in [-0.1, -0.05) is 0 Å². The van der Waals surface area contributed by atoms with Gasteiger partial charge < -0.3 is 4.90 Å². The van der Waals surface area contributed by atoms with Crippen molar-refractivity contribution < 1.29 is 22.2 Å². The van der Waals surface area contributed by atoms with Crippen LogP contribution in [-0.2, 0) is 22.6 Å². The molecule has 2 heterocycles. The smallest absolute Gasteiger partial charge is 0.334 e. The van der Waals surface area contributed by atoms with Crippen molar-refractivity contribution in [2.24, 2.45) is 12.5 Å². The normalized spacial score (nSPS) is 27.0. The maximum absolute atomic E-state index is 13.1. The molecule has 0 bridgehead atoms. The largest absolute Gasteiger partial charge is 0.395 e. The van der Waals surface area contributed by atoms with Crippen LogP contribution in [0, 0.1) is 5.41 Å². The van der Waals surface area contributed by atoms with Gasteiger partial charge in [-0.2, -0.15) is 18.3 Å². The van der Waals surface area contributed by atoms with Gasteiger partial charge in [-0.3, -0.25) is 13.7 Å². The molecule has 0 aromatic carbocycles. The fourth-order valence-corrected chi connectivity index (χ4v) is 4.29. The number of hydrogen-bond acceptors (Lipinski definition) is 3. The molecule has 2 aliphatic rings. The number of amides is 1. The Morgan fingerprint density at radius 3 is 2.70 bits per heavy atom. The zero-order chi connectivity index (χ0) is 16.8. The zero-order valence-electron chi connectivity index (χ0n) is 12.7. The highest BCUT2D eigenvalue weighted by atomic mass is 32.2. The van der Waals surface area contributed by atoms with Crippen LogP contribution in [0.3, 0.4) is 0 Å². The Kier molecular flexibility index (Phi) is 4.02. The minimum Gasteiger partial charge on any atom is -0.334 e. The summed E-state index contributed by atoms with van der Waals surface area (Å²) in [6.07, 6.45) is -1.54. The van der Waals surface area contributed by atoms with Crippen LogP contribution in [0.25, 0.3) is 0 Å². The highest BCUT2D eigenvalue weighted by Crippen LogP contribution is 2.60. The first-order valence-electron chi connectivity index (χ1n) is 7.42. The van der Waals surface area contributed by atoms with Crippen LogP contribution in [0.15, 0.2) is 12.4 Å². The molecule has 0 radical (unpaired) electrons. The summed E-state index contributed by atoms with van der Waals surface area (Å²) in [4.78, 5) is 13.9. The van der Waals surface area contributed by atoms with Crippen LogP contribution in [0.4, 0.5) is 13.2 Å². The monoisotopic (exact) mass is 349 g/mol. The molecular weight excluding hydrogens is 331 g/mol. The van der Waals surface area contributed by atoms with Gasteiger partial charge in [0.1, 0.15) is 0 Å². The van der Waals surface area contributed by atoms with E-state index >= 15 is 0 Å². The third-order valence-corrected chi connectivity index (χ3v) is 5.98. The highest BCUT2D eigenvalue weighted by Gasteiger charge is 2.64. The summed E-state index contributed by atoms with van der Waals surface area (Å²) in [5.74, 6) is 0.0446. The first-order chi connectivity index (χ1) is 10.7. The summed E-state index contributed by atoms with van der Waals surface area (Å²) >= 11 is 0. The first kappa shape index (κ1) is 16.5. The number of alkyl halides is 3. The Morgan fingerprint density at radius 2 is 2.17 bits per heavy atom. The maximum atomic E-state index is 13.1. The minimum atomic E-state index is -4.34. The van der Waals surface area contributed by atoms with Gasteiger partial charge in [-0.15, -0.1) is 0 Å². The van der Waals surface area contributed by atoms with Crippen molar-refractivity contribution in [3.05, 3.63) is 18.0 Å². The average Bonchev–Trinajstić information content (AvgIpc) is 3.12. The lowest BCUT2D eigenvalue weighted by Crippen LogP contribution is -2.46. The van der Waals surface area contributed by atoms with Crippen molar-refractivity contribution >= 4 is 16.7 Å². The van der Waals surface area contributed by atoms with Gasteiger partial charge in [-0.25, -0.2) is 0 Å². The number of aromatic nitrogens is 2. The van der Waals surface area contributed by atoms with E-state index < -0.39 is 40.8 Å². The summed E-state index contributed by atoms with van der Waals surface area (Å²) in [5, 5.41) is 4.04. The third-order valence-electron chi connectivity index (χ3n) is 4.65. The highest BCUT2D eigenvalue weighted by molar-refractivity contribution is 7.85. The number of halogens is 3. The van der Waals surface area contributed by atoms with Gasteiger partial charge in [0.05, 0.1) is 17.7 Å². The van der Waals surface area contributed by atoms with E-state index in [4.69, 9.17) is 0 Å². The van der Waals surface area contributed by atoms with Gasteiger partial charge >= 0.3 is 6.18 Å². The summed E-state index contributed by atoms with van der Waals surface area (Å²) in [7, 11) is 0.644. The van der Waals surface area contributed by atoms with Crippen LogP contribution in [0.5, 0.6) is 0 Å². The second-order valence-corrected chi connectivity index (χ2v) is 7.94. The number of carbonyl (C=O) groups excluding carboxylic acids is 1. The second-order valence-electron chi connectivity index (χ2n) is 6.32. The molecular formula is C14H18F3N3O2S. The Bertz CT molecular complexity index is 639. The molecule has 1 saturated heterocycles. The fraction of sp³-hybridized carbons (Fsp3) is 0.714. The molecule has 5 nitrogen and oxygen atoms in total. The molecule has 3 rings (SSSR count). The van der Waals surface area contributed by atoms with E-state index in [1.807, 2.05) is 0 Å². The third kappa shape index (κ3) is 3.15. The standard InChI is InChI=1S/C14H18F3N3O2S/c1-19-8-10(7-18-19)11-9-23(22)5-4-20(11)12(21)6-13(2-3-13)14(15,16)17/h7-8,11H,2-6,9H2,1H3. The molecule has 1 aliphatic heterocycles. The Balaban J connectivity index is 1.79. The lowest BCUT2D eigenvalue weighted by molar-refractivity contribution is -0.192. The van der Waals surface area contributed by atoms with Crippen LogP contribution in [0.1, 0.15) is 30.9 Å². The van der Waals surface area contributed by atoms with Crippen LogP contribution >= 0.6 is 0 Å². The number of rotatable bonds is 3. The van der Waals surface area contributed by atoms with Crippen molar-refractivity contribution in [1.82, 2.24) is 14.7 Å². The molecule has 2 fully saturated rings. The van der Waals surface area contributed by atoms with E-state index in [1.54, 1.807) is 24.1 Å². The molecule has 1 aromatic heterocycles. The molecule has 2 unspecified atom stereocenters. The number of carbonyl (C=O) groups is 1. The van der Waals surface area contributed by atoms with E-state index in [2.05, 4.69) is 5.10 Å². The first-order valence-corrected chi connectivity index (χ1v) is 8.90. The maximum Gasteiger partial charge on any atom is 0.395 e. The van der Waals surface area contributed by atoms with Gasteiger partial charge in [-0.05, 0) is 12.8 Å². The molecule has 2 atom stereocenters. The molecule has 128 valence electrons. The van der Waals surface area contributed by atoms with E-state index in [0.717, 1.165) is 0 Å². The SMILES string of the molecule is Cn1cc(C2CS(=O)CCN2C(=O)CC2(C(F)(F)F)CC2)cn1. The number of nitrogens with zero attached hydrogens (tertiary/aromatic N) is 3. The van der Waals surface area contributed by atoms with Crippen molar-refractivity contribution in [2.75, 3.05) is 18.1 Å². The van der Waals surface area contributed by atoms with Gasteiger partial charge in [0.15, 0.2) is 0 Å². The summed E-state index contributed by atoms with van der Waals surface area (Å²) < 4.78 is 52.6. The summed E-state index contributed by atoms with van der Waals surface area (Å²) in [6.45, 7) is 0.221. The van der Waals surface area contributed by atoms with E-state index in [-0.39, 0.29) is 25.1 Å². The van der Waals surface area contributed by atoms with Gasteiger partial charge in [0, 0.05) is 54.1 Å². The van der Waals surface area contributed by atoms with Crippen molar-refractivity contribution in [3.8, 4) is 0 Å². The average molecular weight is 349 g/mol. The molecule has 1 aliphatic carbocycles. The molecule has 23 heavy (non-hydrogen) atoms. The molecule has 1 aromatic rings. The Labute approximate surface area is 134 Å². The van der Waals surface area contributed by atoms with Crippen molar-refractivity contribution in [2.45, 2.75) is 31.5 Å². The molecule has 0 N–H and O–H groups in total. The zero-order valence-corrected chi connectivity index (χ0v) is 13.5. The Hall–Kier alpha value is -1.38. The van der Waals surface area contributed by atoms with Crippen LogP contribution in [-0.4, -0.2) is 49.0 Å². The van der Waals surface area contributed by atoms with Crippen LogP contribution < -0.4 is 0 Å². The quantitative estimate of drug-likeness (QED) is 0.836. The summed E-state index contributed by atoms with van der Waals surface area (Å²) in [5.41, 5.74) is -1.13. The van der Waals surface area contributed by atoms with E-state index in [1.165, 1.54) is 4.90 Å². The van der Waals surface area contributed by atoms with Crippen LogP contribution in [0.2, 0.25) is 0 Å². The number of aryl methyl sites for hydroxylation is 1. The van der Waals surface area contributed by atoms with E-state index in [9.17, 15) is 22.2 Å². The predicted octanol–water partition coefficient (Wildman–Crippen LogP) is 1.78.